The normalized spacial score (nSPS) is 32.9. The number of rotatable bonds is 6. The van der Waals surface area contributed by atoms with Crippen LogP contribution in [0.3, 0.4) is 0 Å². The molecule has 0 saturated heterocycles. The Morgan fingerprint density at radius 3 is 2.38 bits per heavy atom. The fraction of sp³-hybridized carbons (Fsp3) is 0.682. The molecule has 0 aliphatic heterocycles. The molecular weight excluding hydrogens is 324 g/mol. The Kier molecular flexibility index (Phi) is 4.85. The Labute approximate surface area is 157 Å². The first kappa shape index (κ1) is 17.7. The van der Waals surface area contributed by atoms with E-state index in [0.29, 0.717) is 5.41 Å². The van der Waals surface area contributed by atoms with Crippen LogP contribution in [0.5, 0.6) is 5.75 Å². The topological polar surface area (TPSA) is 50.4 Å². The van der Waals surface area contributed by atoms with E-state index in [1.807, 2.05) is 18.2 Å². The van der Waals surface area contributed by atoms with Gasteiger partial charge in [0.1, 0.15) is 5.75 Å². The Morgan fingerprint density at radius 2 is 1.77 bits per heavy atom. The van der Waals surface area contributed by atoms with E-state index in [4.69, 9.17) is 4.74 Å². The van der Waals surface area contributed by atoms with Gasteiger partial charge in [0.2, 0.25) is 0 Å². The van der Waals surface area contributed by atoms with E-state index in [2.05, 4.69) is 30.5 Å². The Hall–Kier alpha value is -1.71. The highest BCUT2D eigenvalue weighted by Crippen LogP contribution is 2.61. The molecule has 4 fully saturated rings. The van der Waals surface area contributed by atoms with Crippen molar-refractivity contribution in [2.24, 2.45) is 23.2 Å². The molecule has 2 N–H and O–H groups in total. The average molecular weight is 357 g/mol. The monoisotopic (exact) mass is 356 g/mol. The highest BCUT2D eigenvalue weighted by molar-refractivity contribution is 5.74. The fourth-order valence-corrected chi connectivity index (χ4v) is 6.22. The minimum absolute atomic E-state index is 0.109. The molecule has 0 radical (unpaired) electrons. The predicted molar refractivity (Wildman–Crippen MR) is 103 cm³/mol. The molecule has 26 heavy (non-hydrogen) atoms. The van der Waals surface area contributed by atoms with Crippen molar-refractivity contribution >= 4 is 6.03 Å². The van der Waals surface area contributed by atoms with Gasteiger partial charge < -0.3 is 15.4 Å². The summed E-state index contributed by atoms with van der Waals surface area (Å²) in [5.41, 5.74) is 1.50. The zero-order valence-electron chi connectivity index (χ0n) is 16.1. The van der Waals surface area contributed by atoms with Crippen LogP contribution in [0.25, 0.3) is 0 Å². The Balaban J connectivity index is 1.28. The minimum atomic E-state index is -0.109. The number of benzene rings is 1. The number of carbonyl (C=O) groups excluding carboxylic acids is 1. The molecule has 0 aromatic heterocycles. The molecule has 1 atom stereocenters. The van der Waals surface area contributed by atoms with Gasteiger partial charge in [0.05, 0.1) is 0 Å². The zero-order valence-corrected chi connectivity index (χ0v) is 16.1. The first-order chi connectivity index (χ1) is 12.6. The molecule has 4 aliphatic carbocycles. The highest BCUT2D eigenvalue weighted by Gasteiger charge is 2.53. The van der Waals surface area contributed by atoms with Crippen LogP contribution in [0.2, 0.25) is 0 Å². The van der Waals surface area contributed by atoms with Crippen molar-refractivity contribution in [3.05, 3.63) is 29.8 Å². The highest BCUT2D eigenvalue weighted by atomic mass is 16.5. The third kappa shape index (κ3) is 3.43. The van der Waals surface area contributed by atoms with Crippen LogP contribution in [0.1, 0.15) is 57.9 Å². The number of hydrogen-bond acceptors (Lipinski definition) is 2. The summed E-state index contributed by atoms with van der Waals surface area (Å²) in [7, 11) is 0. The van der Waals surface area contributed by atoms with Crippen LogP contribution in [-0.2, 0) is 6.42 Å². The quantitative estimate of drug-likeness (QED) is 0.738. The third-order valence-electron chi connectivity index (χ3n) is 7.17. The Morgan fingerprint density at radius 1 is 1.15 bits per heavy atom. The molecule has 5 rings (SSSR count). The summed E-state index contributed by atoms with van der Waals surface area (Å²) in [6, 6.07) is 8.12. The lowest BCUT2D eigenvalue weighted by Gasteiger charge is -2.59. The van der Waals surface area contributed by atoms with E-state index >= 15 is 0 Å². The molecule has 1 aromatic carbocycles. The lowest BCUT2D eigenvalue weighted by Crippen LogP contribution is -2.57. The van der Waals surface area contributed by atoms with Crippen LogP contribution in [0.15, 0.2) is 24.3 Å². The predicted octanol–water partition coefficient (Wildman–Crippen LogP) is 4.49. The Bertz CT molecular complexity index is 622. The molecule has 1 aromatic rings. The molecule has 1 unspecified atom stereocenters. The number of urea groups is 1. The largest absolute Gasteiger partial charge is 0.473 e. The number of hydrogen-bond donors (Lipinski definition) is 2. The molecule has 4 heteroatoms. The number of carbonyl (C=O) groups is 1. The standard InChI is InChI=1S/C22H32N2O2/c1-3-19-6-4-5-7-20(19)26-14-23-21(25)24-15(2)22-11-16-8-17(12-22)10-18(9-16)13-22/h4-7,15-18H,3,8-14H2,1-2H3,(H2,23,24,25). The summed E-state index contributed by atoms with van der Waals surface area (Å²) in [6.07, 6.45) is 9.14. The van der Waals surface area contributed by atoms with Crippen LogP contribution in [0, 0.1) is 23.2 Å². The first-order valence-corrected chi connectivity index (χ1v) is 10.3. The van der Waals surface area contributed by atoms with Crippen molar-refractivity contribution in [1.82, 2.24) is 10.6 Å². The van der Waals surface area contributed by atoms with E-state index in [1.165, 1.54) is 38.5 Å². The van der Waals surface area contributed by atoms with Gasteiger partial charge in [-0.3, -0.25) is 0 Å². The van der Waals surface area contributed by atoms with Gasteiger partial charge in [-0.25, -0.2) is 4.79 Å². The maximum Gasteiger partial charge on any atom is 0.317 e. The molecule has 2 amide bonds. The second-order valence-electron chi connectivity index (χ2n) is 8.90. The molecule has 4 aliphatic rings. The van der Waals surface area contributed by atoms with E-state index < -0.39 is 0 Å². The third-order valence-corrected chi connectivity index (χ3v) is 7.17. The molecular formula is C22H32N2O2. The summed E-state index contributed by atoms with van der Waals surface area (Å²) in [6.45, 7) is 4.52. The van der Waals surface area contributed by atoms with Gasteiger partial charge in [-0.2, -0.15) is 0 Å². The van der Waals surface area contributed by atoms with E-state index in [0.717, 1.165) is 35.5 Å². The number of aryl methyl sites for hydroxylation is 1. The smallest absolute Gasteiger partial charge is 0.317 e. The number of nitrogens with one attached hydrogen (secondary N) is 2. The first-order valence-electron chi connectivity index (χ1n) is 10.3. The van der Waals surface area contributed by atoms with Gasteiger partial charge >= 0.3 is 6.03 Å². The number of amides is 2. The second kappa shape index (κ2) is 7.13. The average Bonchev–Trinajstić information content (AvgIpc) is 2.61. The molecule has 4 saturated carbocycles. The van der Waals surface area contributed by atoms with Gasteiger partial charge in [0, 0.05) is 6.04 Å². The summed E-state index contributed by atoms with van der Waals surface area (Å²) < 4.78 is 5.76. The van der Waals surface area contributed by atoms with Gasteiger partial charge in [0.15, 0.2) is 6.73 Å². The molecule has 142 valence electrons. The summed E-state index contributed by atoms with van der Waals surface area (Å²) in [5.74, 6) is 3.57. The van der Waals surface area contributed by atoms with Crippen molar-refractivity contribution in [3.63, 3.8) is 0 Å². The summed E-state index contributed by atoms with van der Waals surface area (Å²) >= 11 is 0. The maximum absolute atomic E-state index is 12.4. The molecule has 0 heterocycles. The van der Waals surface area contributed by atoms with Crippen molar-refractivity contribution < 1.29 is 9.53 Å². The molecule has 4 nitrogen and oxygen atoms in total. The maximum atomic E-state index is 12.4. The molecule has 4 bridgehead atoms. The van der Waals surface area contributed by atoms with E-state index in [9.17, 15) is 4.79 Å². The number of para-hydroxylation sites is 1. The van der Waals surface area contributed by atoms with Gasteiger partial charge in [0.25, 0.3) is 0 Å². The van der Waals surface area contributed by atoms with Gasteiger partial charge in [-0.15, -0.1) is 0 Å². The zero-order chi connectivity index (χ0) is 18.1. The van der Waals surface area contributed by atoms with Crippen molar-refractivity contribution in [2.45, 2.75) is 64.8 Å². The molecule has 0 spiro atoms. The van der Waals surface area contributed by atoms with Crippen LogP contribution in [-0.4, -0.2) is 18.8 Å². The lowest BCUT2D eigenvalue weighted by molar-refractivity contribution is -0.0682. The van der Waals surface area contributed by atoms with Crippen molar-refractivity contribution in [2.75, 3.05) is 6.73 Å². The summed E-state index contributed by atoms with van der Waals surface area (Å²) in [5, 5.41) is 6.09. The van der Waals surface area contributed by atoms with Crippen LogP contribution >= 0.6 is 0 Å². The van der Waals surface area contributed by atoms with E-state index in [1.54, 1.807) is 0 Å². The van der Waals surface area contributed by atoms with Crippen LogP contribution < -0.4 is 15.4 Å². The van der Waals surface area contributed by atoms with E-state index in [-0.39, 0.29) is 18.8 Å². The van der Waals surface area contributed by atoms with Crippen molar-refractivity contribution in [1.29, 1.82) is 0 Å². The minimum Gasteiger partial charge on any atom is -0.473 e. The van der Waals surface area contributed by atoms with Gasteiger partial charge in [-0.05, 0) is 86.7 Å². The van der Waals surface area contributed by atoms with Crippen LogP contribution in [0.4, 0.5) is 4.79 Å². The summed E-state index contributed by atoms with van der Waals surface area (Å²) in [4.78, 5) is 12.4. The SMILES string of the molecule is CCc1ccccc1OCNC(=O)NC(C)C12CC3CC(CC(C3)C1)C2. The lowest BCUT2D eigenvalue weighted by atomic mass is 9.48. The second-order valence-corrected chi connectivity index (χ2v) is 8.90. The van der Waals surface area contributed by atoms with Crippen molar-refractivity contribution in [3.8, 4) is 5.75 Å². The van der Waals surface area contributed by atoms with Gasteiger partial charge in [-0.1, -0.05) is 25.1 Å². The number of ether oxygens (including phenoxy) is 1. The fourth-order valence-electron chi connectivity index (χ4n) is 6.22.